The number of aromatic nitrogens is 1. The van der Waals surface area contributed by atoms with E-state index in [-0.39, 0.29) is 0 Å². The Morgan fingerprint density at radius 1 is 0.900 bits per heavy atom. The van der Waals surface area contributed by atoms with Crippen molar-refractivity contribution in [2.45, 2.75) is 19.6 Å². The molecular weight excluding hydrogens is 396 g/mol. The number of nitrogens with zero attached hydrogens (tertiary/aromatic N) is 2. The number of oxazole rings is 1. The van der Waals surface area contributed by atoms with Gasteiger partial charge in [-0.2, -0.15) is 0 Å². The number of para-hydroxylation sites is 1. The molecule has 2 aromatic carbocycles. The SMILES string of the molecule is CCN(CC)CCOc1ccc(-c2cnc(CSCCOc3ccccc3)o2)cc1. The summed E-state index contributed by atoms with van der Waals surface area (Å²) in [6, 6.07) is 17.8. The first-order valence-corrected chi connectivity index (χ1v) is 11.6. The Kier molecular flexibility index (Phi) is 9.12. The Morgan fingerprint density at radius 2 is 1.60 bits per heavy atom. The van der Waals surface area contributed by atoms with Crippen molar-refractivity contribution in [3.8, 4) is 22.8 Å². The van der Waals surface area contributed by atoms with Crippen molar-refractivity contribution in [2.75, 3.05) is 38.6 Å². The van der Waals surface area contributed by atoms with Crippen molar-refractivity contribution in [1.82, 2.24) is 9.88 Å². The summed E-state index contributed by atoms with van der Waals surface area (Å²) < 4.78 is 17.4. The summed E-state index contributed by atoms with van der Waals surface area (Å²) >= 11 is 1.75. The monoisotopic (exact) mass is 426 g/mol. The number of hydrogen-bond donors (Lipinski definition) is 0. The number of hydrogen-bond acceptors (Lipinski definition) is 6. The summed E-state index contributed by atoms with van der Waals surface area (Å²) in [4.78, 5) is 6.74. The molecule has 0 bridgehead atoms. The zero-order chi connectivity index (χ0) is 21.0. The lowest BCUT2D eigenvalue weighted by molar-refractivity contribution is 0.223. The van der Waals surface area contributed by atoms with Gasteiger partial charge in [0, 0.05) is 17.9 Å². The van der Waals surface area contributed by atoms with Crippen LogP contribution in [0.5, 0.6) is 11.5 Å². The van der Waals surface area contributed by atoms with E-state index < -0.39 is 0 Å². The lowest BCUT2D eigenvalue weighted by Crippen LogP contribution is -2.27. The zero-order valence-corrected chi connectivity index (χ0v) is 18.6. The van der Waals surface area contributed by atoms with E-state index >= 15 is 0 Å². The summed E-state index contributed by atoms with van der Waals surface area (Å²) in [5.74, 6) is 4.89. The zero-order valence-electron chi connectivity index (χ0n) is 17.8. The van der Waals surface area contributed by atoms with Crippen molar-refractivity contribution in [2.24, 2.45) is 0 Å². The van der Waals surface area contributed by atoms with Gasteiger partial charge in [-0.05, 0) is 49.5 Å². The average Bonchev–Trinajstić information content (AvgIpc) is 3.27. The van der Waals surface area contributed by atoms with Gasteiger partial charge >= 0.3 is 0 Å². The third kappa shape index (κ3) is 7.11. The van der Waals surface area contributed by atoms with E-state index in [1.165, 1.54) is 0 Å². The molecule has 1 heterocycles. The molecule has 30 heavy (non-hydrogen) atoms. The van der Waals surface area contributed by atoms with Gasteiger partial charge < -0.3 is 18.8 Å². The third-order valence-electron chi connectivity index (χ3n) is 4.73. The van der Waals surface area contributed by atoms with E-state index in [0.29, 0.717) is 13.2 Å². The molecule has 0 atom stereocenters. The highest BCUT2D eigenvalue weighted by atomic mass is 32.2. The molecule has 0 aliphatic heterocycles. The number of rotatable bonds is 13. The highest BCUT2D eigenvalue weighted by Gasteiger charge is 2.07. The lowest BCUT2D eigenvalue weighted by atomic mass is 10.2. The smallest absolute Gasteiger partial charge is 0.204 e. The van der Waals surface area contributed by atoms with Crippen LogP contribution < -0.4 is 9.47 Å². The first-order chi connectivity index (χ1) is 14.8. The number of likely N-dealkylation sites (N-methyl/N-ethyl adjacent to an activating group) is 1. The van der Waals surface area contributed by atoms with Gasteiger partial charge in [0.15, 0.2) is 5.76 Å². The molecule has 0 aliphatic carbocycles. The molecule has 1 aromatic heterocycles. The Morgan fingerprint density at radius 3 is 2.33 bits per heavy atom. The third-order valence-corrected chi connectivity index (χ3v) is 5.63. The van der Waals surface area contributed by atoms with Gasteiger partial charge in [-0.15, -0.1) is 11.8 Å². The van der Waals surface area contributed by atoms with E-state index in [0.717, 1.165) is 59.9 Å². The van der Waals surface area contributed by atoms with Crippen LogP contribution in [0.25, 0.3) is 11.3 Å². The van der Waals surface area contributed by atoms with E-state index in [1.807, 2.05) is 54.6 Å². The average molecular weight is 427 g/mol. The van der Waals surface area contributed by atoms with Crippen LogP contribution in [0, 0.1) is 0 Å². The molecule has 0 N–H and O–H groups in total. The minimum Gasteiger partial charge on any atom is -0.493 e. The van der Waals surface area contributed by atoms with Crippen LogP contribution in [0.2, 0.25) is 0 Å². The maximum atomic E-state index is 5.90. The predicted molar refractivity (Wildman–Crippen MR) is 123 cm³/mol. The first kappa shape index (κ1) is 22.2. The van der Waals surface area contributed by atoms with Gasteiger partial charge in [0.25, 0.3) is 0 Å². The molecule has 0 aliphatic rings. The highest BCUT2D eigenvalue weighted by Crippen LogP contribution is 2.24. The number of thioether (sulfide) groups is 1. The van der Waals surface area contributed by atoms with Gasteiger partial charge in [0.1, 0.15) is 18.1 Å². The fourth-order valence-electron chi connectivity index (χ4n) is 2.95. The summed E-state index contributed by atoms with van der Waals surface area (Å²) in [7, 11) is 0. The summed E-state index contributed by atoms with van der Waals surface area (Å²) in [6.45, 7) is 8.73. The van der Waals surface area contributed by atoms with E-state index in [9.17, 15) is 0 Å². The Labute approximate surface area is 183 Å². The minimum atomic E-state index is 0.665. The Hall–Kier alpha value is -2.44. The van der Waals surface area contributed by atoms with Crippen LogP contribution in [-0.4, -0.2) is 48.5 Å². The van der Waals surface area contributed by atoms with Gasteiger partial charge in [0.2, 0.25) is 5.89 Å². The van der Waals surface area contributed by atoms with Crippen LogP contribution >= 0.6 is 11.8 Å². The van der Waals surface area contributed by atoms with Crippen molar-refractivity contribution >= 4 is 11.8 Å². The molecule has 160 valence electrons. The van der Waals surface area contributed by atoms with E-state index in [2.05, 4.69) is 23.7 Å². The summed E-state index contributed by atoms with van der Waals surface area (Å²) in [6.07, 6.45) is 1.78. The minimum absolute atomic E-state index is 0.665. The molecule has 3 aromatic rings. The number of benzene rings is 2. The second-order valence-electron chi connectivity index (χ2n) is 6.73. The van der Waals surface area contributed by atoms with Crippen molar-refractivity contribution < 1.29 is 13.9 Å². The van der Waals surface area contributed by atoms with E-state index in [4.69, 9.17) is 13.9 Å². The quantitative estimate of drug-likeness (QED) is 0.342. The second kappa shape index (κ2) is 12.3. The molecule has 5 nitrogen and oxygen atoms in total. The van der Waals surface area contributed by atoms with E-state index in [1.54, 1.807) is 18.0 Å². The maximum absolute atomic E-state index is 5.90. The van der Waals surface area contributed by atoms with Crippen molar-refractivity contribution in [1.29, 1.82) is 0 Å². The fourth-order valence-corrected chi connectivity index (χ4v) is 3.61. The van der Waals surface area contributed by atoms with Crippen LogP contribution in [0.4, 0.5) is 0 Å². The van der Waals surface area contributed by atoms with Crippen LogP contribution in [0.1, 0.15) is 19.7 Å². The second-order valence-corrected chi connectivity index (χ2v) is 7.84. The molecule has 0 saturated heterocycles. The molecule has 3 rings (SSSR count). The summed E-state index contributed by atoms with van der Waals surface area (Å²) in [5, 5.41) is 0. The van der Waals surface area contributed by atoms with Gasteiger partial charge in [-0.1, -0.05) is 32.0 Å². The number of ether oxygens (including phenoxy) is 2. The van der Waals surface area contributed by atoms with Crippen LogP contribution in [0.3, 0.4) is 0 Å². The van der Waals surface area contributed by atoms with Crippen LogP contribution in [0.15, 0.2) is 65.2 Å². The topological polar surface area (TPSA) is 47.7 Å². The standard InChI is InChI=1S/C24H30N2O3S/c1-3-26(4-2)14-15-27-22-12-10-20(11-13-22)23-18-25-24(29-23)19-30-17-16-28-21-8-6-5-7-9-21/h5-13,18H,3-4,14-17,19H2,1-2H3. The normalized spacial score (nSPS) is 11.0. The lowest BCUT2D eigenvalue weighted by Gasteiger charge is -2.17. The van der Waals surface area contributed by atoms with Gasteiger partial charge in [0.05, 0.1) is 18.6 Å². The molecule has 0 radical (unpaired) electrons. The predicted octanol–water partition coefficient (Wildman–Crippen LogP) is 5.37. The van der Waals surface area contributed by atoms with Crippen LogP contribution in [-0.2, 0) is 5.75 Å². The largest absolute Gasteiger partial charge is 0.493 e. The molecule has 0 saturated carbocycles. The summed E-state index contributed by atoms with van der Waals surface area (Å²) in [5.41, 5.74) is 1.00. The Bertz CT molecular complexity index is 848. The fraction of sp³-hybridized carbons (Fsp3) is 0.375. The molecule has 0 amide bonds. The molecule has 6 heteroatoms. The molecule has 0 fully saturated rings. The Balaban J connectivity index is 1.39. The maximum Gasteiger partial charge on any atom is 0.204 e. The van der Waals surface area contributed by atoms with Gasteiger partial charge in [-0.25, -0.2) is 4.98 Å². The van der Waals surface area contributed by atoms with Crippen molar-refractivity contribution in [3.63, 3.8) is 0 Å². The molecule has 0 spiro atoms. The van der Waals surface area contributed by atoms with Gasteiger partial charge in [-0.3, -0.25) is 0 Å². The highest BCUT2D eigenvalue weighted by molar-refractivity contribution is 7.98. The van der Waals surface area contributed by atoms with Crippen molar-refractivity contribution in [3.05, 3.63) is 66.7 Å². The first-order valence-electron chi connectivity index (χ1n) is 10.4. The molecular formula is C24H30N2O3S. The molecule has 0 unspecified atom stereocenters.